The number of fused-ring (bicyclic) bond motifs is 1. The fraction of sp³-hybridized carbons (Fsp3) is 0.286. The monoisotopic (exact) mass is 366 g/mol. The molecule has 0 saturated carbocycles. The molecule has 1 heterocycles. The summed E-state index contributed by atoms with van der Waals surface area (Å²) in [5, 5.41) is 5.48. The highest BCUT2D eigenvalue weighted by molar-refractivity contribution is 6.01. The lowest BCUT2D eigenvalue weighted by Crippen LogP contribution is -2.34. The van der Waals surface area contributed by atoms with Crippen LogP contribution in [0.2, 0.25) is 0 Å². The van der Waals surface area contributed by atoms with Crippen molar-refractivity contribution in [1.82, 2.24) is 0 Å². The first-order valence-corrected chi connectivity index (χ1v) is 8.85. The van der Waals surface area contributed by atoms with Crippen LogP contribution in [-0.4, -0.2) is 23.7 Å². The summed E-state index contributed by atoms with van der Waals surface area (Å²) >= 11 is 0. The van der Waals surface area contributed by atoms with Crippen molar-refractivity contribution >= 4 is 29.0 Å². The van der Waals surface area contributed by atoms with E-state index in [9.17, 15) is 14.4 Å². The van der Waals surface area contributed by atoms with Gasteiger partial charge in [0.05, 0.1) is 5.69 Å². The molecule has 0 bridgehead atoms. The molecule has 0 fully saturated rings. The number of ketones is 1. The number of amides is 2. The Kier molecular flexibility index (Phi) is 5.26. The van der Waals surface area contributed by atoms with Crippen LogP contribution >= 0.6 is 0 Å². The first-order valence-electron chi connectivity index (χ1n) is 8.85. The molecule has 2 aromatic rings. The van der Waals surface area contributed by atoms with Gasteiger partial charge in [0.1, 0.15) is 5.75 Å². The molecule has 1 unspecified atom stereocenters. The molecule has 0 saturated heterocycles. The summed E-state index contributed by atoms with van der Waals surface area (Å²) in [6.45, 7) is 5.61. The molecular formula is C21H22N2O4. The Balaban J connectivity index is 1.58. The Bertz CT molecular complexity index is 920. The second-order valence-corrected chi connectivity index (χ2v) is 6.73. The number of hydrogen-bond acceptors (Lipinski definition) is 4. The van der Waals surface area contributed by atoms with Crippen LogP contribution in [0.4, 0.5) is 11.4 Å². The molecule has 0 aliphatic carbocycles. The maximum Gasteiger partial charge on any atom is 0.265 e. The van der Waals surface area contributed by atoms with Gasteiger partial charge < -0.3 is 15.4 Å². The largest absolute Gasteiger partial charge is 0.479 e. The van der Waals surface area contributed by atoms with Crippen LogP contribution < -0.4 is 15.4 Å². The molecule has 2 aromatic carbocycles. The molecule has 0 radical (unpaired) electrons. The van der Waals surface area contributed by atoms with Crippen LogP contribution in [0.15, 0.2) is 36.4 Å². The molecular weight excluding hydrogens is 344 g/mol. The lowest BCUT2D eigenvalue weighted by atomic mass is 10.0. The minimum absolute atomic E-state index is 0.0617. The van der Waals surface area contributed by atoms with Gasteiger partial charge in [-0.15, -0.1) is 0 Å². The summed E-state index contributed by atoms with van der Waals surface area (Å²) in [6, 6.07) is 10.6. The zero-order valence-corrected chi connectivity index (χ0v) is 15.6. The average Bonchev–Trinajstić information content (AvgIpc) is 2.63. The first-order chi connectivity index (χ1) is 12.8. The third-order valence-electron chi connectivity index (χ3n) is 4.60. The molecule has 1 aliphatic heterocycles. The molecule has 2 N–H and O–H groups in total. The van der Waals surface area contributed by atoms with Crippen molar-refractivity contribution in [3.63, 3.8) is 0 Å². The Hall–Kier alpha value is -3.15. The standard InChI is InChI=1S/C21H22N2O4/c1-12-4-5-15(10-13(12)2)18(24)7-9-20(25)22-16-6-8-19-17(11-16)23-21(26)14(3)27-19/h4-6,8,10-11,14H,7,9H2,1-3H3,(H,22,25)(H,23,26). The number of hydrogen-bond donors (Lipinski definition) is 2. The van der Waals surface area contributed by atoms with Crippen molar-refractivity contribution in [2.24, 2.45) is 0 Å². The maximum atomic E-state index is 12.3. The highest BCUT2D eigenvalue weighted by Gasteiger charge is 2.23. The predicted octanol–water partition coefficient (Wildman–Crippen LogP) is 3.62. The Morgan fingerprint density at radius 3 is 2.59 bits per heavy atom. The van der Waals surface area contributed by atoms with Crippen LogP contribution in [0.5, 0.6) is 5.75 Å². The number of ether oxygens (including phenoxy) is 1. The molecule has 1 atom stereocenters. The molecule has 0 aromatic heterocycles. The predicted molar refractivity (Wildman–Crippen MR) is 103 cm³/mol. The van der Waals surface area contributed by atoms with Crippen LogP contribution in [0, 0.1) is 13.8 Å². The van der Waals surface area contributed by atoms with Gasteiger partial charge in [-0.3, -0.25) is 14.4 Å². The zero-order valence-electron chi connectivity index (χ0n) is 15.6. The summed E-state index contributed by atoms with van der Waals surface area (Å²) in [5.41, 5.74) is 3.85. The minimum Gasteiger partial charge on any atom is -0.479 e. The third-order valence-corrected chi connectivity index (χ3v) is 4.60. The van der Waals surface area contributed by atoms with Crippen molar-refractivity contribution in [2.75, 3.05) is 10.6 Å². The van der Waals surface area contributed by atoms with Crippen molar-refractivity contribution < 1.29 is 19.1 Å². The molecule has 6 heteroatoms. The van der Waals surface area contributed by atoms with Crippen LogP contribution in [0.3, 0.4) is 0 Å². The minimum atomic E-state index is -0.547. The quantitative estimate of drug-likeness (QED) is 0.792. The van der Waals surface area contributed by atoms with Gasteiger partial charge in [-0.2, -0.15) is 0 Å². The average molecular weight is 366 g/mol. The van der Waals surface area contributed by atoms with E-state index in [-0.39, 0.29) is 30.4 Å². The van der Waals surface area contributed by atoms with E-state index in [1.54, 1.807) is 31.2 Å². The van der Waals surface area contributed by atoms with Gasteiger partial charge in [0, 0.05) is 24.1 Å². The smallest absolute Gasteiger partial charge is 0.265 e. The van der Waals surface area contributed by atoms with E-state index in [1.165, 1.54) is 0 Å². The van der Waals surface area contributed by atoms with E-state index >= 15 is 0 Å². The van der Waals surface area contributed by atoms with Crippen LogP contribution in [0.25, 0.3) is 0 Å². The number of rotatable bonds is 5. The molecule has 27 heavy (non-hydrogen) atoms. The maximum absolute atomic E-state index is 12.3. The van der Waals surface area contributed by atoms with Gasteiger partial charge in [0.25, 0.3) is 5.91 Å². The second-order valence-electron chi connectivity index (χ2n) is 6.73. The Labute approximate surface area is 157 Å². The van der Waals surface area contributed by atoms with Crippen molar-refractivity contribution in [1.29, 1.82) is 0 Å². The van der Waals surface area contributed by atoms with E-state index in [4.69, 9.17) is 4.74 Å². The van der Waals surface area contributed by atoms with E-state index < -0.39 is 6.10 Å². The SMILES string of the molecule is Cc1ccc(C(=O)CCC(=O)Nc2ccc3c(c2)NC(=O)C(C)O3)cc1C. The van der Waals surface area contributed by atoms with Gasteiger partial charge in [-0.05, 0) is 56.2 Å². The molecule has 0 spiro atoms. The van der Waals surface area contributed by atoms with E-state index in [2.05, 4.69) is 10.6 Å². The third kappa shape index (κ3) is 4.34. The topological polar surface area (TPSA) is 84.5 Å². The van der Waals surface area contributed by atoms with Gasteiger partial charge in [0.2, 0.25) is 5.91 Å². The molecule has 2 amide bonds. The summed E-state index contributed by atoms with van der Waals surface area (Å²) < 4.78 is 5.48. The zero-order chi connectivity index (χ0) is 19.6. The molecule has 140 valence electrons. The summed E-state index contributed by atoms with van der Waals surface area (Å²) in [6.07, 6.45) is -0.325. The van der Waals surface area contributed by atoms with Gasteiger partial charge >= 0.3 is 0 Å². The van der Waals surface area contributed by atoms with E-state index in [0.717, 1.165) is 11.1 Å². The normalized spacial score (nSPS) is 15.4. The van der Waals surface area contributed by atoms with Gasteiger partial charge in [-0.25, -0.2) is 0 Å². The fourth-order valence-electron chi connectivity index (χ4n) is 2.80. The van der Waals surface area contributed by atoms with E-state index in [1.807, 2.05) is 26.0 Å². The number of anilines is 2. The number of aryl methyl sites for hydroxylation is 2. The van der Waals surface area contributed by atoms with Crippen molar-refractivity contribution in [3.8, 4) is 5.75 Å². The summed E-state index contributed by atoms with van der Waals surface area (Å²) in [5.74, 6) is 0.00637. The summed E-state index contributed by atoms with van der Waals surface area (Å²) in [4.78, 5) is 36.1. The molecule has 3 rings (SSSR count). The number of carbonyl (C=O) groups excluding carboxylic acids is 3. The van der Waals surface area contributed by atoms with Crippen LogP contribution in [-0.2, 0) is 9.59 Å². The van der Waals surface area contributed by atoms with Gasteiger partial charge in [0.15, 0.2) is 11.9 Å². The van der Waals surface area contributed by atoms with Crippen molar-refractivity contribution in [2.45, 2.75) is 39.7 Å². The highest BCUT2D eigenvalue weighted by Crippen LogP contribution is 2.32. The van der Waals surface area contributed by atoms with Crippen LogP contribution in [0.1, 0.15) is 41.3 Å². The number of benzene rings is 2. The summed E-state index contributed by atoms with van der Waals surface area (Å²) in [7, 11) is 0. The highest BCUT2D eigenvalue weighted by atomic mass is 16.5. The van der Waals surface area contributed by atoms with Crippen molar-refractivity contribution in [3.05, 3.63) is 53.1 Å². The van der Waals surface area contributed by atoms with Gasteiger partial charge in [-0.1, -0.05) is 12.1 Å². The second kappa shape index (κ2) is 7.61. The molecule has 6 nitrogen and oxygen atoms in total. The lowest BCUT2D eigenvalue weighted by Gasteiger charge is -2.23. The number of Topliss-reactive ketones (excluding diaryl/α,β-unsaturated/α-hetero) is 1. The number of nitrogens with one attached hydrogen (secondary N) is 2. The number of carbonyl (C=O) groups is 3. The Morgan fingerprint density at radius 1 is 1.07 bits per heavy atom. The first kappa shape index (κ1) is 18.6. The lowest BCUT2D eigenvalue weighted by molar-refractivity contribution is -0.122. The fourth-order valence-corrected chi connectivity index (χ4v) is 2.80. The van der Waals surface area contributed by atoms with E-state index in [0.29, 0.717) is 22.7 Å². The molecule has 1 aliphatic rings. The Morgan fingerprint density at radius 2 is 1.85 bits per heavy atom.